The number of hydrogen-bond donors (Lipinski definition) is 1. The van der Waals surface area contributed by atoms with Gasteiger partial charge in [-0.05, 0) is 68.5 Å². The molecule has 0 bridgehead atoms. The van der Waals surface area contributed by atoms with Gasteiger partial charge in [0.05, 0.1) is 13.7 Å². The van der Waals surface area contributed by atoms with E-state index in [0.29, 0.717) is 0 Å². The van der Waals surface area contributed by atoms with Crippen LogP contribution in [0.5, 0.6) is 5.75 Å². The van der Waals surface area contributed by atoms with Crippen LogP contribution in [0.3, 0.4) is 0 Å². The maximum absolute atomic E-state index is 11.8. The van der Waals surface area contributed by atoms with E-state index in [0.717, 1.165) is 48.4 Å². The highest BCUT2D eigenvalue weighted by Crippen LogP contribution is 2.28. The molecule has 1 aliphatic carbocycles. The molecule has 2 rings (SSSR count). The van der Waals surface area contributed by atoms with Crippen LogP contribution < -0.4 is 10.1 Å². The molecule has 0 aromatic heterocycles. The predicted molar refractivity (Wildman–Crippen MR) is 92.4 cm³/mol. The summed E-state index contributed by atoms with van der Waals surface area (Å²) in [5.41, 5.74) is 3.03. The van der Waals surface area contributed by atoms with Crippen molar-refractivity contribution in [2.24, 2.45) is 0 Å². The van der Waals surface area contributed by atoms with Crippen molar-refractivity contribution in [1.82, 2.24) is 0 Å². The van der Waals surface area contributed by atoms with Crippen LogP contribution in [0.1, 0.15) is 32.6 Å². The highest BCUT2D eigenvalue weighted by atomic mass is 16.5. The van der Waals surface area contributed by atoms with Gasteiger partial charge in [-0.15, -0.1) is 0 Å². The van der Waals surface area contributed by atoms with Gasteiger partial charge in [-0.2, -0.15) is 5.26 Å². The van der Waals surface area contributed by atoms with Crippen molar-refractivity contribution in [3.63, 3.8) is 0 Å². The fourth-order valence-electron chi connectivity index (χ4n) is 2.60. The van der Waals surface area contributed by atoms with Crippen LogP contribution >= 0.6 is 0 Å². The fraction of sp³-hybridized carbons (Fsp3) is 0.368. The lowest BCUT2D eigenvalue weighted by Gasteiger charge is -2.20. The molecule has 1 aliphatic rings. The zero-order valence-electron chi connectivity index (χ0n) is 14.1. The molecule has 0 radical (unpaired) electrons. The van der Waals surface area contributed by atoms with Crippen LogP contribution in [0.15, 0.2) is 47.2 Å². The van der Waals surface area contributed by atoms with Crippen LogP contribution in [0, 0.1) is 11.3 Å². The van der Waals surface area contributed by atoms with Crippen molar-refractivity contribution >= 4 is 11.7 Å². The molecule has 24 heavy (non-hydrogen) atoms. The second kappa shape index (κ2) is 8.78. The zero-order valence-corrected chi connectivity index (χ0v) is 14.1. The molecular weight excluding hydrogens is 304 g/mol. The summed E-state index contributed by atoms with van der Waals surface area (Å²) >= 11 is 0. The summed E-state index contributed by atoms with van der Waals surface area (Å²) in [6.45, 7) is 1.98. The smallest absolute Gasteiger partial charge is 0.348 e. The summed E-state index contributed by atoms with van der Waals surface area (Å²) in [6, 6.07) is 9.61. The van der Waals surface area contributed by atoms with Crippen LogP contribution in [0.4, 0.5) is 5.69 Å². The van der Waals surface area contributed by atoms with Crippen molar-refractivity contribution in [3.8, 4) is 11.8 Å². The van der Waals surface area contributed by atoms with E-state index in [1.807, 2.05) is 30.3 Å². The molecule has 0 heterocycles. The van der Waals surface area contributed by atoms with E-state index in [4.69, 9.17) is 9.47 Å². The second-order valence-corrected chi connectivity index (χ2v) is 5.45. The molecule has 0 saturated carbocycles. The number of rotatable bonds is 6. The lowest BCUT2D eigenvalue weighted by Crippen LogP contribution is -2.10. The van der Waals surface area contributed by atoms with Crippen molar-refractivity contribution in [3.05, 3.63) is 47.2 Å². The fourth-order valence-corrected chi connectivity index (χ4v) is 2.60. The highest BCUT2D eigenvalue weighted by molar-refractivity contribution is 5.93. The molecule has 0 atom stereocenters. The minimum Gasteiger partial charge on any atom is -0.497 e. The lowest BCUT2D eigenvalue weighted by atomic mass is 9.94. The average Bonchev–Trinajstić information content (AvgIpc) is 2.61. The Morgan fingerprint density at radius 3 is 2.62 bits per heavy atom. The predicted octanol–water partition coefficient (Wildman–Crippen LogP) is 3.95. The molecule has 0 spiro atoms. The van der Waals surface area contributed by atoms with E-state index in [-0.39, 0.29) is 12.2 Å². The minimum absolute atomic E-state index is 0.0442. The number of benzene rings is 1. The van der Waals surface area contributed by atoms with Crippen LogP contribution in [-0.4, -0.2) is 19.7 Å². The van der Waals surface area contributed by atoms with Crippen LogP contribution in [0.25, 0.3) is 0 Å². The van der Waals surface area contributed by atoms with E-state index in [1.54, 1.807) is 20.1 Å². The summed E-state index contributed by atoms with van der Waals surface area (Å²) in [7, 11) is 1.63. The first-order valence-electron chi connectivity index (χ1n) is 8.10. The largest absolute Gasteiger partial charge is 0.497 e. The normalized spacial score (nSPS) is 14.8. The Balaban J connectivity index is 2.25. The number of nitriles is 1. The van der Waals surface area contributed by atoms with Gasteiger partial charge in [0.1, 0.15) is 17.4 Å². The first-order valence-corrected chi connectivity index (χ1v) is 8.10. The first-order chi connectivity index (χ1) is 11.7. The summed E-state index contributed by atoms with van der Waals surface area (Å²) in [6.07, 6.45) is 5.50. The molecular formula is C19H22N2O3. The summed E-state index contributed by atoms with van der Waals surface area (Å²) < 4.78 is 10.1. The molecule has 5 heteroatoms. The minimum atomic E-state index is -0.568. The lowest BCUT2D eigenvalue weighted by molar-refractivity contribution is -0.138. The molecule has 5 nitrogen and oxygen atoms in total. The Morgan fingerprint density at radius 1 is 1.29 bits per heavy atom. The molecule has 0 saturated heterocycles. The second-order valence-electron chi connectivity index (χ2n) is 5.45. The molecule has 1 aromatic rings. The van der Waals surface area contributed by atoms with Gasteiger partial charge in [-0.3, -0.25) is 0 Å². The monoisotopic (exact) mass is 326 g/mol. The Kier molecular flexibility index (Phi) is 6.44. The molecule has 1 aromatic carbocycles. The maximum Gasteiger partial charge on any atom is 0.348 e. The number of carbonyl (C=O) groups is 1. The Labute approximate surface area is 142 Å². The summed E-state index contributed by atoms with van der Waals surface area (Å²) in [4.78, 5) is 11.8. The highest BCUT2D eigenvalue weighted by Gasteiger charge is 2.16. The van der Waals surface area contributed by atoms with E-state index in [9.17, 15) is 10.1 Å². The van der Waals surface area contributed by atoms with Gasteiger partial charge < -0.3 is 14.8 Å². The third-order valence-corrected chi connectivity index (χ3v) is 3.83. The Bertz CT molecular complexity index is 682. The zero-order chi connectivity index (χ0) is 17.4. The van der Waals surface area contributed by atoms with Gasteiger partial charge in [0, 0.05) is 11.4 Å². The number of nitrogens with one attached hydrogen (secondary N) is 1. The molecule has 0 aliphatic heterocycles. The van der Waals surface area contributed by atoms with E-state index in [2.05, 4.69) is 5.32 Å². The van der Waals surface area contributed by atoms with E-state index < -0.39 is 5.97 Å². The van der Waals surface area contributed by atoms with Gasteiger partial charge in [0.25, 0.3) is 0 Å². The van der Waals surface area contributed by atoms with Crippen LogP contribution in [0.2, 0.25) is 0 Å². The van der Waals surface area contributed by atoms with E-state index >= 15 is 0 Å². The van der Waals surface area contributed by atoms with Crippen molar-refractivity contribution < 1.29 is 14.3 Å². The maximum atomic E-state index is 11.8. The number of allylic oxidation sites excluding steroid dienone is 3. The van der Waals surface area contributed by atoms with Gasteiger partial charge in [0.15, 0.2) is 0 Å². The third-order valence-electron chi connectivity index (χ3n) is 3.83. The standard InChI is InChI=1S/C19H22N2O3/c1-3-24-19(22)15(13-20)12-14-6-4-5-7-18(14)21-16-8-10-17(23-2)11-9-16/h8-12,21H,3-7H2,1-2H3/b15-12+. The molecule has 0 amide bonds. The van der Waals surface area contributed by atoms with Gasteiger partial charge in [-0.25, -0.2) is 4.79 Å². The number of ether oxygens (including phenoxy) is 2. The summed E-state index contributed by atoms with van der Waals surface area (Å²) in [5.74, 6) is 0.231. The number of esters is 1. The average molecular weight is 326 g/mol. The van der Waals surface area contributed by atoms with Crippen molar-refractivity contribution in [2.75, 3.05) is 19.0 Å². The SMILES string of the molecule is CCOC(=O)/C(C#N)=C/C1=C(Nc2ccc(OC)cc2)CCCC1. The van der Waals surface area contributed by atoms with Crippen molar-refractivity contribution in [2.45, 2.75) is 32.6 Å². The van der Waals surface area contributed by atoms with Crippen molar-refractivity contribution in [1.29, 1.82) is 5.26 Å². The third kappa shape index (κ3) is 4.63. The Morgan fingerprint density at radius 2 is 2.00 bits per heavy atom. The van der Waals surface area contributed by atoms with Gasteiger partial charge >= 0.3 is 5.97 Å². The Hall–Kier alpha value is -2.74. The number of methoxy groups -OCH3 is 1. The number of nitrogens with zero attached hydrogens (tertiary/aromatic N) is 1. The molecule has 0 unspecified atom stereocenters. The molecule has 1 N–H and O–H groups in total. The number of carbonyl (C=O) groups excluding carboxylic acids is 1. The van der Waals surface area contributed by atoms with Crippen LogP contribution in [-0.2, 0) is 9.53 Å². The first kappa shape index (κ1) is 17.6. The molecule has 0 fully saturated rings. The number of anilines is 1. The van der Waals surface area contributed by atoms with Gasteiger partial charge in [0.2, 0.25) is 0 Å². The summed E-state index contributed by atoms with van der Waals surface area (Å²) in [5, 5.41) is 12.6. The topological polar surface area (TPSA) is 71.4 Å². The number of hydrogen-bond acceptors (Lipinski definition) is 5. The molecule has 126 valence electrons. The quantitative estimate of drug-likeness (QED) is 0.487. The van der Waals surface area contributed by atoms with E-state index in [1.165, 1.54) is 0 Å². The van der Waals surface area contributed by atoms with Gasteiger partial charge in [-0.1, -0.05) is 0 Å².